The molecule has 2 heterocycles. The molecule has 0 aliphatic carbocycles. The van der Waals surface area contributed by atoms with E-state index in [2.05, 4.69) is 76.3 Å². The van der Waals surface area contributed by atoms with Crippen molar-refractivity contribution in [2.24, 2.45) is 0 Å². The van der Waals surface area contributed by atoms with E-state index >= 15 is 0 Å². The van der Waals surface area contributed by atoms with Crippen molar-refractivity contribution in [2.45, 2.75) is 19.9 Å². The van der Waals surface area contributed by atoms with Crippen LogP contribution in [0.5, 0.6) is 0 Å². The third-order valence-corrected chi connectivity index (χ3v) is 5.17. The second-order valence-electron chi connectivity index (χ2n) is 6.75. The second-order valence-corrected chi connectivity index (χ2v) is 6.75. The molecular weight excluding hydrogens is 306 g/mol. The van der Waals surface area contributed by atoms with Gasteiger partial charge in [0.25, 0.3) is 0 Å². The third-order valence-electron chi connectivity index (χ3n) is 5.17. The van der Waals surface area contributed by atoms with E-state index in [1.165, 1.54) is 22.2 Å². The van der Waals surface area contributed by atoms with E-state index in [1.807, 2.05) is 6.20 Å². The Hall–Kier alpha value is -2.39. The fourth-order valence-electron chi connectivity index (χ4n) is 3.77. The molecule has 4 rings (SSSR count). The molecule has 0 spiro atoms. The van der Waals surface area contributed by atoms with Crippen LogP contribution in [-0.2, 0) is 13.0 Å². The lowest BCUT2D eigenvalue weighted by Gasteiger charge is -2.36. The maximum absolute atomic E-state index is 4.64. The van der Waals surface area contributed by atoms with E-state index in [1.54, 1.807) is 0 Å². The molecule has 1 fully saturated rings. The number of para-hydroxylation sites is 1. The zero-order valence-electron chi connectivity index (χ0n) is 14.9. The van der Waals surface area contributed by atoms with Crippen LogP contribution in [0.3, 0.4) is 0 Å². The summed E-state index contributed by atoms with van der Waals surface area (Å²) in [5, 5.41) is 1.29. The molecule has 1 saturated heterocycles. The number of anilines is 1. The van der Waals surface area contributed by atoms with Crippen molar-refractivity contribution in [3.63, 3.8) is 0 Å². The molecule has 1 aromatic heterocycles. The molecule has 128 valence electrons. The van der Waals surface area contributed by atoms with Gasteiger partial charge < -0.3 is 4.90 Å². The van der Waals surface area contributed by atoms with Crippen LogP contribution in [0.1, 0.15) is 18.1 Å². The number of hydrogen-bond acceptors (Lipinski definition) is 3. The van der Waals surface area contributed by atoms with Crippen molar-refractivity contribution in [1.82, 2.24) is 9.88 Å². The highest BCUT2D eigenvalue weighted by Crippen LogP contribution is 2.28. The lowest BCUT2D eigenvalue weighted by Crippen LogP contribution is -2.46. The Balaban J connectivity index is 1.50. The van der Waals surface area contributed by atoms with Gasteiger partial charge in [0.1, 0.15) is 0 Å². The summed E-state index contributed by atoms with van der Waals surface area (Å²) >= 11 is 0. The summed E-state index contributed by atoms with van der Waals surface area (Å²) in [5.74, 6) is 0. The fraction of sp³-hybridized carbons (Fsp3) is 0.318. The predicted molar refractivity (Wildman–Crippen MR) is 105 cm³/mol. The zero-order valence-corrected chi connectivity index (χ0v) is 14.9. The van der Waals surface area contributed by atoms with Gasteiger partial charge in [0.2, 0.25) is 0 Å². The average Bonchev–Trinajstić information content (AvgIpc) is 2.68. The molecule has 3 heteroatoms. The van der Waals surface area contributed by atoms with Gasteiger partial charge in [-0.15, -0.1) is 0 Å². The second kappa shape index (κ2) is 7.24. The molecule has 0 saturated carbocycles. The molecule has 0 atom stereocenters. The lowest BCUT2D eigenvalue weighted by molar-refractivity contribution is 0.250. The monoisotopic (exact) mass is 331 g/mol. The minimum atomic E-state index is 1.03. The Morgan fingerprint density at radius 3 is 2.44 bits per heavy atom. The molecule has 1 aliphatic rings. The normalized spacial score (nSPS) is 15.6. The van der Waals surface area contributed by atoms with E-state index in [4.69, 9.17) is 0 Å². The van der Waals surface area contributed by atoms with Gasteiger partial charge in [-0.1, -0.05) is 55.5 Å². The molecule has 3 nitrogen and oxygen atoms in total. The van der Waals surface area contributed by atoms with Crippen molar-refractivity contribution in [3.8, 4) is 0 Å². The van der Waals surface area contributed by atoms with Crippen LogP contribution in [-0.4, -0.2) is 36.1 Å². The topological polar surface area (TPSA) is 19.4 Å². The molecular formula is C22H25N3. The minimum Gasteiger partial charge on any atom is -0.368 e. The number of fused-ring (bicyclic) bond motifs is 1. The van der Waals surface area contributed by atoms with Crippen molar-refractivity contribution >= 4 is 16.6 Å². The van der Waals surface area contributed by atoms with Gasteiger partial charge in [-0.3, -0.25) is 9.88 Å². The molecule has 2 aromatic carbocycles. The lowest BCUT2D eigenvalue weighted by atomic mass is 10.1. The van der Waals surface area contributed by atoms with Crippen LogP contribution in [0, 0.1) is 0 Å². The Labute approximate surface area is 149 Å². The van der Waals surface area contributed by atoms with Crippen molar-refractivity contribution < 1.29 is 0 Å². The number of benzene rings is 2. The number of nitrogens with zero attached hydrogens (tertiary/aromatic N) is 3. The van der Waals surface area contributed by atoms with Crippen LogP contribution in [0.15, 0.2) is 60.8 Å². The SMILES string of the molecule is CCc1cccc2c(N3CCN(Cc4ccccc4)CC3)ccnc12. The molecule has 0 unspecified atom stereocenters. The maximum Gasteiger partial charge on any atom is 0.0754 e. The van der Waals surface area contributed by atoms with Gasteiger partial charge in [-0.2, -0.15) is 0 Å². The van der Waals surface area contributed by atoms with Crippen LogP contribution in [0.4, 0.5) is 5.69 Å². The van der Waals surface area contributed by atoms with E-state index in [0.29, 0.717) is 0 Å². The average molecular weight is 331 g/mol. The fourth-order valence-corrected chi connectivity index (χ4v) is 3.77. The van der Waals surface area contributed by atoms with E-state index in [9.17, 15) is 0 Å². The number of aryl methyl sites for hydroxylation is 1. The first-order chi connectivity index (χ1) is 12.3. The van der Waals surface area contributed by atoms with Crippen LogP contribution >= 0.6 is 0 Å². The number of hydrogen-bond donors (Lipinski definition) is 0. The highest BCUT2D eigenvalue weighted by molar-refractivity contribution is 5.93. The van der Waals surface area contributed by atoms with Gasteiger partial charge in [-0.25, -0.2) is 0 Å². The minimum absolute atomic E-state index is 1.03. The first kappa shape index (κ1) is 16.1. The Kier molecular flexibility index (Phi) is 4.66. The molecule has 25 heavy (non-hydrogen) atoms. The number of aromatic nitrogens is 1. The summed E-state index contributed by atoms with van der Waals surface area (Å²) in [4.78, 5) is 9.71. The Morgan fingerprint density at radius 2 is 1.68 bits per heavy atom. The van der Waals surface area contributed by atoms with E-state index in [0.717, 1.165) is 44.7 Å². The molecule has 0 bridgehead atoms. The van der Waals surface area contributed by atoms with E-state index in [-0.39, 0.29) is 0 Å². The summed E-state index contributed by atoms with van der Waals surface area (Å²) in [7, 11) is 0. The number of rotatable bonds is 4. The first-order valence-electron chi connectivity index (χ1n) is 9.23. The molecule has 0 amide bonds. The van der Waals surface area contributed by atoms with Crippen molar-refractivity contribution in [3.05, 3.63) is 71.9 Å². The van der Waals surface area contributed by atoms with Crippen LogP contribution in [0.25, 0.3) is 10.9 Å². The van der Waals surface area contributed by atoms with E-state index < -0.39 is 0 Å². The van der Waals surface area contributed by atoms with Gasteiger partial charge in [0.15, 0.2) is 0 Å². The third kappa shape index (κ3) is 3.38. The number of pyridine rings is 1. The standard InChI is InChI=1S/C22H25N3/c1-2-19-9-6-10-20-21(11-12-23-22(19)20)25-15-13-24(14-16-25)17-18-7-4-3-5-8-18/h3-12H,2,13-17H2,1H3. The molecule has 0 N–H and O–H groups in total. The highest BCUT2D eigenvalue weighted by atomic mass is 15.3. The van der Waals surface area contributed by atoms with Gasteiger partial charge >= 0.3 is 0 Å². The highest BCUT2D eigenvalue weighted by Gasteiger charge is 2.19. The van der Waals surface area contributed by atoms with Crippen molar-refractivity contribution in [1.29, 1.82) is 0 Å². The Morgan fingerprint density at radius 1 is 0.880 bits per heavy atom. The van der Waals surface area contributed by atoms with Gasteiger partial charge in [0, 0.05) is 50.0 Å². The maximum atomic E-state index is 4.64. The smallest absolute Gasteiger partial charge is 0.0754 e. The molecule has 0 radical (unpaired) electrons. The summed E-state index contributed by atoms with van der Waals surface area (Å²) in [6.45, 7) is 7.60. The molecule has 1 aliphatic heterocycles. The van der Waals surface area contributed by atoms with Crippen LogP contribution < -0.4 is 4.90 Å². The predicted octanol–water partition coefficient (Wildman–Crippen LogP) is 4.12. The number of piperazine rings is 1. The largest absolute Gasteiger partial charge is 0.368 e. The van der Waals surface area contributed by atoms with Gasteiger partial charge in [0.05, 0.1) is 5.52 Å². The summed E-state index contributed by atoms with van der Waals surface area (Å²) in [6, 6.07) is 19.5. The summed E-state index contributed by atoms with van der Waals surface area (Å²) in [5.41, 5.74) is 5.23. The summed E-state index contributed by atoms with van der Waals surface area (Å²) < 4.78 is 0. The first-order valence-corrected chi connectivity index (χ1v) is 9.23. The zero-order chi connectivity index (χ0) is 17.1. The summed E-state index contributed by atoms with van der Waals surface area (Å²) in [6.07, 6.45) is 2.99. The van der Waals surface area contributed by atoms with Gasteiger partial charge in [-0.05, 0) is 23.6 Å². The van der Waals surface area contributed by atoms with Crippen LogP contribution in [0.2, 0.25) is 0 Å². The Bertz CT molecular complexity index is 836. The quantitative estimate of drug-likeness (QED) is 0.717. The van der Waals surface area contributed by atoms with Crippen molar-refractivity contribution in [2.75, 3.05) is 31.1 Å². The molecule has 3 aromatic rings.